The summed E-state index contributed by atoms with van der Waals surface area (Å²) in [6.07, 6.45) is 7.59. The molecule has 0 saturated carbocycles. The number of carboxylic acids is 1. The van der Waals surface area contributed by atoms with E-state index in [0.717, 1.165) is 71.9 Å². The van der Waals surface area contributed by atoms with Gasteiger partial charge in [0.2, 0.25) is 0 Å². The van der Waals surface area contributed by atoms with Gasteiger partial charge in [0.05, 0.1) is 24.1 Å². The van der Waals surface area contributed by atoms with Gasteiger partial charge in [-0.3, -0.25) is 9.59 Å². The lowest BCUT2D eigenvalue weighted by molar-refractivity contribution is -0.137. The molecule has 0 radical (unpaired) electrons. The van der Waals surface area contributed by atoms with E-state index in [-0.39, 0.29) is 24.3 Å². The van der Waals surface area contributed by atoms with E-state index in [1.807, 2.05) is 29.8 Å². The van der Waals surface area contributed by atoms with Crippen LogP contribution < -0.4 is 4.74 Å². The Bertz CT molecular complexity index is 1560. The Morgan fingerprint density at radius 1 is 1.05 bits per heavy atom. The number of amides is 1. The summed E-state index contributed by atoms with van der Waals surface area (Å²) in [5, 5.41) is 18.7. The van der Waals surface area contributed by atoms with Gasteiger partial charge in [0.25, 0.3) is 5.91 Å². The smallest absolute Gasteiger partial charge is 0.316 e. The monoisotopic (exact) mass is 540 g/mol. The van der Waals surface area contributed by atoms with Gasteiger partial charge in [-0.25, -0.2) is 14.6 Å². The maximum atomic E-state index is 13.3. The summed E-state index contributed by atoms with van der Waals surface area (Å²) in [5.74, 6) is -1.36. The van der Waals surface area contributed by atoms with Gasteiger partial charge in [0.1, 0.15) is 5.52 Å². The van der Waals surface area contributed by atoms with Crippen molar-refractivity contribution >= 4 is 22.9 Å². The molecular formula is C30H32N6O4. The Kier molecular flexibility index (Phi) is 7.15. The fourth-order valence-electron chi connectivity index (χ4n) is 5.84. The zero-order valence-corrected chi connectivity index (χ0v) is 22.5. The van der Waals surface area contributed by atoms with Gasteiger partial charge in [0.15, 0.2) is 0 Å². The average molecular weight is 541 g/mol. The van der Waals surface area contributed by atoms with E-state index in [1.165, 1.54) is 18.0 Å². The van der Waals surface area contributed by atoms with Crippen molar-refractivity contribution in [1.29, 1.82) is 0 Å². The van der Waals surface area contributed by atoms with Crippen molar-refractivity contribution in [2.24, 2.45) is 0 Å². The van der Waals surface area contributed by atoms with Crippen LogP contribution >= 0.6 is 0 Å². The fourth-order valence-corrected chi connectivity index (χ4v) is 5.84. The van der Waals surface area contributed by atoms with Crippen LogP contribution in [0.15, 0.2) is 42.7 Å². The van der Waals surface area contributed by atoms with Crippen LogP contribution in [0.5, 0.6) is 6.01 Å². The first-order chi connectivity index (χ1) is 19.5. The van der Waals surface area contributed by atoms with Crippen molar-refractivity contribution in [2.75, 3.05) is 13.2 Å². The van der Waals surface area contributed by atoms with E-state index < -0.39 is 5.97 Å². The zero-order valence-electron chi connectivity index (χ0n) is 22.5. The lowest BCUT2D eigenvalue weighted by Crippen LogP contribution is -2.36. The first-order valence-corrected chi connectivity index (χ1v) is 13.9. The minimum Gasteiger partial charge on any atom is -0.481 e. The molecule has 9 rings (SSSR count). The van der Waals surface area contributed by atoms with Gasteiger partial charge in [-0.15, -0.1) is 5.10 Å². The van der Waals surface area contributed by atoms with Crippen LogP contribution in [0.25, 0.3) is 11.0 Å². The van der Waals surface area contributed by atoms with Gasteiger partial charge in [0, 0.05) is 37.9 Å². The summed E-state index contributed by atoms with van der Waals surface area (Å²) < 4.78 is 7.63. The van der Waals surface area contributed by atoms with E-state index >= 15 is 0 Å². The minimum absolute atomic E-state index is 0.0479. The highest BCUT2D eigenvalue weighted by Crippen LogP contribution is 2.35. The zero-order chi connectivity index (χ0) is 27.6. The highest BCUT2D eigenvalue weighted by molar-refractivity contribution is 5.93. The molecular weight excluding hydrogens is 508 g/mol. The first-order valence-electron chi connectivity index (χ1n) is 13.9. The molecule has 1 N–H and O–H groups in total. The first kappa shape index (κ1) is 25.9. The molecule has 206 valence electrons. The van der Waals surface area contributed by atoms with Gasteiger partial charge in [-0.2, -0.15) is 0 Å². The Morgan fingerprint density at radius 3 is 2.70 bits per heavy atom. The van der Waals surface area contributed by atoms with Crippen LogP contribution in [0.1, 0.15) is 76.2 Å². The number of carbonyl (C=O) groups excluding carboxylic acids is 1. The van der Waals surface area contributed by atoms with Crippen molar-refractivity contribution in [3.05, 3.63) is 76.1 Å². The Labute approximate surface area is 232 Å². The molecule has 10 heteroatoms. The molecule has 1 atom stereocenters. The van der Waals surface area contributed by atoms with Crippen LogP contribution in [0, 0.1) is 6.92 Å². The Balaban J connectivity index is 1.39. The molecule has 5 aliphatic heterocycles. The van der Waals surface area contributed by atoms with E-state index in [1.54, 1.807) is 4.90 Å². The number of rotatable bonds is 2. The maximum Gasteiger partial charge on any atom is 0.316 e. The molecule has 2 aromatic heterocycles. The minimum atomic E-state index is -0.868. The van der Waals surface area contributed by atoms with Crippen LogP contribution in [0.3, 0.4) is 0 Å². The molecule has 0 spiro atoms. The third-order valence-electron chi connectivity index (χ3n) is 8.04. The maximum absolute atomic E-state index is 13.3. The van der Waals surface area contributed by atoms with E-state index in [2.05, 4.69) is 32.4 Å². The van der Waals surface area contributed by atoms with Crippen molar-refractivity contribution < 1.29 is 19.4 Å². The second-order valence-electron chi connectivity index (χ2n) is 10.6. The number of ether oxygens (including phenoxy) is 1. The molecule has 10 nitrogen and oxygen atoms in total. The summed E-state index contributed by atoms with van der Waals surface area (Å²) in [6, 6.07) is 10.5. The van der Waals surface area contributed by atoms with Gasteiger partial charge >= 0.3 is 12.0 Å². The average Bonchev–Trinajstić information content (AvgIpc) is 3.38. The van der Waals surface area contributed by atoms with Crippen molar-refractivity contribution in [1.82, 2.24) is 29.9 Å². The molecule has 1 unspecified atom stereocenters. The molecule has 0 aliphatic carbocycles. The molecule has 1 amide bonds. The molecule has 4 aromatic rings. The second kappa shape index (κ2) is 11.0. The lowest BCUT2D eigenvalue weighted by Gasteiger charge is -2.30. The van der Waals surface area contributed by atoms with Crippen molar-refractivity contribution in [3.8, 4) is 6.01 Å². The molecule has 2 aromatic carbocycles. The normalized spacial score (nSPS) is 18.0. The van der Waals surface area contributed by atoms with Gasteiger partial charge in [-0.1, -0.05) is 35.9 Å². The summed E-state index contributed by atoms with van der Waals surface area (Å²) in [6.45, 7) is 4.30. The number of hydrogen-bond donors (Lipinski definition) is 1. The SMILES string of the molecule is Cc1c2ccc3c1nnn3CCCCCCOc1ncc(cn1)C(=O)N1CCc3ccc(cc3C1)C2CC(=O)O. The third-order valence-corrected chi connectivity index (χ3v) is 8.04. The summed E-state index contributed by atoms with van der Waals surface area (Å²) in [7, 11) is 0. The number of carbonyl (C=O) groups is 2. The standard InChI is InChI=1S/C30H32N6O4/c1-19-24-8-9-26-28(19)33-34-36(26)11-4-2-3-5-13-40-30-31-16-23(17-32-30)29(39)35-12-10-20-6-7-21(14-22(20)18-35)25(24)15-27(37)38/h6-9,14,16-17,25H,2-5,10-13,15,18H2,1H3,(H,37,38). The molecule has 0 saturated heterocycles. The Morgan fingerprint density at radius 2 is 1.88 bits per heavy atom. The third kappa shape index (κ3) is 5.13. The largest absolute Gasteiger partial charge is 0.481 e. The number of aliphatic carboxylic acids is 1. The molecule has 5 aliphatic rings. The van der Waals surface area contributed by atoms with Crippen LogP contribution in [-0.4, -0.2) is 60.0 Å². The summed E-state index contributed by atoms with van der Waals surface area (Å²) in [4.78, 5) is 35.6. The lowest BCUT2D eigenvalue weighted by atomic mass is 9.83. The second-order valence-corrected chi connectivity index (χ2v) is 10.6. The van der Waals surface area contributed by atoms with Crippen LogP contribution in [0.4, 0.5) is 0 Å². The van der Waals surface area contributed by atoms with Gasteiger partial charge in [-0.05, 0) is 66.5 Å². The topological polar surface area (TPSA) is 123 Å². The molecule has 40 heavy (non-hydrogen) atoms. The highest BCUT2D eigenvalue weighted by Gasteiger charge is 2.26. The highest BCUT2D eigenvalue weighted by atomic mass is 16.5. The van der Waals surface area contributed by atoms with Crippen molar-refractivity contribution in [3.63, 3.8) is 0 Å². The van der Waals surface area contributed by atoms with Crippen molar-refractivity contribution in [2.45, 2.75) is 64.5 Å². The molecule has 9 bridgehead atoms. The number of nitrogens with zero attached hydrogens (tertiary/aromatic N) is 6. The molecule has 0 fully saturated rings. The van der Waals surface area contributed by atoms with E-state index in [9.17, 15) is 14.7 Å². The van der Waals surface area contributed by atoms with E-state index in [4.69, 9.17) is 4.74 Å². The summed E-state index contributed by atoms with van der Waals surface area (Å²) in [5.41, 5.74) is 7.17. The Hall–Kier alpha value is -4.34. The van der Waals surface area contributed by atoms with E-state index in [0.29, 0.717) is 25.3 Å². The number of aromatic nitrogens is 5. The predicted octanol–water partition coefficient (Wildman–Crippen LogP) is 4.29. The number of benzene rings is 2. The summed E-state index contributed by atoms with van der Waals surface area (Å²) >= 11 is 0. The molecule has 7 heterocycles. The van der Waals surface area contributed by atoms with Crippen LogP contribution in [0.2, 0.25) is 0 Å². The number of carboxylic acid groups (broad SMARTS) is 1. The van der Waals surface area contributed by atoms with Gasteiger partial charge < -0.3 is 14.7 Å². The number of hydrogen-bond acceptors (Lipinski definition) is 7. The predicted molar refractivity (Wildman–Crippen MR) is 147 cm³/mol. The van der Waals surface area contributed by atoms with Crippen LogP contribution in [-0.2, 0) is 24.3 Å². The quantitative estimate of drug-likeness (QED) is 0.400. The number of aryl methyl sites for hydroxylation is 2. The fraction of sp³-hybridized carbons (Fsp3) is 0.400.